The lowest BCUT2D eigenvalue weighted by Gasteiger charge is -2.17. The van der Waals surface area contributed by atoms with Crippen LogP contribution in [0.15, 0.2) is 0 Å². The van der Waals surface area contributed by atoms with Crippen molar-refractivity contribution in [1.82, 2.24) is 5.32 Å². The molecule has 0 aromatic carbocycles. The van der Waals surface area contributed by atoms with Crippen LogP contribution < -0.4 is 5.32 Å². The number of hydrogen-bond acceptors (Lipinski definition) is 3. The lowest BCUT2D eigenvalue weighted by atomic mass is 9.96. The van der Waals surface area contributed by atoms with Crippen molar-refractivity contribution in [1.29, 1.82) is 0 Å². The molecule has 0 radical (unpaired) electrons. The monoisotopic (exact) mass is 271 g/mol. The Morgan fingerprint density at radius 1 is 1.42 bits per heavy atom. The summed E-state index contributed by atoms with van der Waals surface area (Å²) in [6, 6.07) is 0. The maximum absolute atomic E-state index is 11.9. The number of amides is 1. The van der Waals surface area contributed by atoms with E-state index in [1.54, 1.807) is 0 Å². The maximum Gasteiger partial charge on any atom is 0.303 e. The highest BCUT2D eigenvalue weighted by Gasteiger charge is 2.30. The summed E-state index contributed by atoms with van der Waals surface area (Å²) in [7, 11) is 0. The van der Waals surface area contributed by atoms with E-state index in [2.05, 4.69) is 12.2 Å². The molecule has 1 saturated heterocycles. The molecule has 5 nitrogen and oxygen atoms in total. The maximum atomic E-state index is 11.9. The molecule has 0 aliphatic carbocycles. The number of carbonyl (C=O) groups excluding carboxylic acids is 1. The van der Waals surface area contributed by atoms with Crippen LogP contribution in [-0.2, 0) is 14.3 Å². The minimum absolute atomic E-state index is 0.00832. The van der Waals surface area contributed by atoms with E-state index in [4.69, 9.17) is 9.84 Å². The van der Waals surface area contributed by atoms with Gasteiger partial charge in [-0.15, -0.1) is 0 Å². The highest BCUT2D eigenvalue weighted by atomic mass is 16.5. The number of nitrogens with one attached hydrogen (secondary N) is 1. The number of hydrogen-bond donors (Lipinski definition) is 2. The van der Waals surface area contributed by atoms with Crippen LogP contribution in [0.4, 0.5) is 0 Å². The Kier molecular flexibility index (Phi) is 6.84. The van der Waals surface area contributed by atoms with E-state index in [1.807, 2.05) is 6.92 Å². The Morgan fingerprint density at radius 3 is 2.68 bits per heavy atom. The number of carboxylic acid groups (broad SMARTS) is 1. The molecular formula is C14H25NO4. The zero-order valence-electron chi connectivity index (χ0n) is 11.9. The van der Waals surface area contributed by atoms with Gasteiger partial charge in [0.25, 0.3) is 0 Å². The zero-order chi connectivity index (χ0) is 14.3. The molecule has 1 heterocycles. The lowest BCUT2D eigenvalue weighted by Crippen LogP contribution is -2.35. The minimum Gasteiger partial charge on any atom is -0.481 e. The van der Waals surface area contributed by atoms with Gasteiger partial charge in [0.15, 0.2) is 0 Å². The van der Waals surface area contributed by atoms with Gasteiger partial charge in [-0.25, -0.2) is 0 Å². The van der Waals surface area contributed by atoms with E-state index in [0.717, 1.165) is 19.3 Å². The summed E-state index contributed by atoms with van der Waals surface area (Å²) in [5.41, 5.74) is 0. The fourth-order valence-corrected chi connectivity index (χ4v) is 2.49. The molecule has 1 fully saturated rings. The van der Waals surface area contributed by atoms with Gasteiger partial charge in [0.2, 0.25) is 5.91 Å². The second-order valence-corrected chi connectivity index (χ2v) is 5.26. The average Bonchev–Trinajstić information content (AvgIpc) is 2.79. The molecule has 1 rings (SSSR count). The van der Waals surface area contributed by atoms with Gasteiger partial charge in [-0.05, 0) is 32.1 Å². The van der Waals surface area contributed by atoms with E-state index >= 15 is 0 Å². The van der Waals surface area contributed by atoms with Crippen molar-refractivity contribution < 1.29 is 19.4 Å². The first-order valence-electron chi connectivity index (χ1n) is 7.15. The summed E-state index contributed by atoms with van der Waals surface area (Å²) in [4.78, 5) is 22.4. The molecule has 0 spiro atoms. The zero-order valence-corrected chi connectivity index (χ0v) is 11.9. The summed E-state index contributed by atoms with van der Waals surface area (Å²) in [5, 5.41) is 11.6. The van der Waals surface area contributed by atoms with Gasteiger partial charge >= 0.3 is 5.97 Å². The number of ether oxygens (including phenoxy) is 1. The van der Waals surface area contributed by atoms with Crippen molar-refractivity contribution in [3.63, 3.8) is 0 Å². The normalized spacial score (nSPS) is 24.1. The number of aliphatic carboxylic acids is 1. The van der Waals surface area contributed by atoms with Crippen molar-refractivity contribution in [2.75, 3.05) is 13.2 Å². The van der Waals surface area contributed by atoms with Crippen LogP contribution in [0.2, 0.25) is 0 Å². The Balaban J connectivity index is 2.20. The van der Waals surface area contributed by atoms with Gasteiger partial charge in [-0.1, -0.05) is 13.3 Å². The standard InChI is InChI=1S/C14H25NO4/c1-3-11(4-5-13(16)17)6-8-15-14(18)12-7-9-19-10(12)2/h10-12H,3-9H2,1-2H3,(H,15,18)(H,16,17). The minimum atomic E-state index is -0.751. The third-order valence-electron chi connectivity index (χ3n) is 3.91. The third-order valence-corrected chi connectivity index (χ3v) is 3.91. The molecule has 0 bridgehead atoms. The highest BCUT2D eigenvalue weighted by molar-refractivity contribution is 5.79. The molecule has 19 heavy (non-hydrogen) atoms. The SMILES string of the molecule is CCC(CCNC(=O)C1CCOC1C)CCC(=O)O. The van der Waals surface area contributed by atoms with E-state index in [1.165, 1.54) is 0 Å². The van der Waals surface area contributed by atoms with Crippen LogP contribution in [0.1, 0.15) is 46.0 Å². The Hall–Kier alpha value is -1.10. The van der Waals surface area contributed by atoms with Crippen molar-refractivity contribution in [3.05, 3.63) is 0 Å². The molecule has 2 N–H and O–H groups in total. The van der Waals surface area contributed by atoms with Gasteiger partial charge in [-0.3, -0.25) is 9.59 Å². The molecule has 1 aliphatic rings. The fourth-order valence-electron chi connectivity index (χ4n) is 2.49. The van der Waals surface area contributed by atoms with Crippen LogP contribution in [0.25, 0.3) is 0 Å². The lowest BCUT2D eigenvalue weighted by molar-refractivity contribution is -0.137. The molecule has 0 aromatic rings. The number of carboxylic acids is 1. The van der Waals surface area contributed by atoms with Gasteiger partial charge in [0.05, 0.1) is 12.0 Å². The average molecular weight is 271 g/mol. The predicted octanol–water partition coefficient (Wildman–Crippen LogP) is 1.81. The van der Waals surface area contributed by atoms with Crippen LogP contribution in [-0.4, -0.2) is 36.2 Å². The quantitative estimate of drug-likeness (QED) is 0.706. The molecule has 1 aliphatic heterocycles. The van der Waals surface area contributed by atoms with Gasteiger partial charge in [-0.2, -0.15) is 0 Å². The smallest absolute Gasteiger partial charge is 0.303 e. The van der Waals surface area contributed by atoms with Crippen LogP contribution >= 0.6 is 0 Å². The first-order chi connectivity index (χ1) is 9.04. The predicted molar refractivity (Wildman–Crippen MR) is 71.8 cm³/mol. The summed E-state index contributed by atoms with van der Waals surface area (Å²) in [6.07, 6.45) is 3.49. The number of rotatable bonds is 8. The molecule has 3 atom stereocenters. The molecule has 1 amide bonds. The molecule has 0 aromatic heterocycles. The molecule has 0 saturated carbocycles. The van der Waals surface area contributed by atoms with Crippen LogP contribution in [0.5, 0.6) is 0 Å². The Labute approximate surface area is 114 Å². The Morgan fingerprint density at radius 2 is 2.16 bits per heavy atom. The first kappa shape index (κ1) is 16.0. The van der Waals surface area contributed by atoms with Crippen LogP contribution in [0.3, 0.4) is 0 Å². The second kappa shape index (κ2) is 8.15. The fraction of sp³-hybridized carbons (Fsp3) is 0.857. The first-order valence-corrected chi connectivity index (χ1v) is 7.15. The number of carbonyl (C=O) groups is 2. The summed E-state index contributed by atoms with van der Waals surface area (Å²) in [6.45, 7) is 5.27. The molecule has 3 unspecified atom stereocenters. The van der Waals surface area contributed by atoms with Crippen molar-refractivity contribution in [2.45, 2.75) is 52.1 Å². The second-order valence-electron chi connectivity index (χ2n) is 5.26. The highest BCUT2D eigenvalue weighted by Crippen LogP contribution is 2.20. The largest absolute Gasteiger partial charge is 0.481 e. The summed E-state index contributed by atoms with van der Waals surface area (Å²) >= 11 is 0. The third kappa shape index (κ3) is 5.59. The van der Waals surface area contributed by atoms with Crippen molar-refractivity contribution in [2.24, 2.45) is 11.8 Å². The van der Waals surface area contributed by atoms with E-state index in [-0.39, 0.29) is 24.3 Å². The van der Waals surface area contributed by atoms with Crippen molar-refractivity contribution in [3.8, 4) is 0 Å². The van der Waals surface area contributed by atoms with Crippen molar-refractivity contribution >= 4 is 11.9 Å². The van der Waals surface area contributed by atoms with Gasteiger partial charge in [0.1, 0.15) is 0 Å². The summed E-state index contributed by atoms with van der Waals surface area (Å²) in [5.74, 6) is -0.342. The van der Waals surface area contributed by atoms with E-state index in [0.29, 0.717) is 25.5 Å². The Bertz CT molecular complexity index is 306. The van der Waals surface area contributed by atoms with Gasteiger partial charge in [0, 0.05) is 19.6 Å². The molecular weight excluding hydrogens is 246 g/mol. The topological polar surface area (TPSA) is 75.6 Å². The molecule has 5 heteroatoms. The van der Waals surface area contributed by atoms with Crippen LogP contribution in [0, 0.1) is 11.8 Å². The summed E-state index contributed by atoms with van der Waals surface area (Å²) < 4.78 is 5.37. The van der Waals surface area contributed by atoms with E-state index in [9.17, 15) is 9.59 Å². The van der Waals surface area contributed by atoms with E-state index < -0.39 is 5.97 Å². The van der Waals surface area contributed by atoms with Gasteiger partial charge < -0.3 is 15.2 Å². The molecule has 110 valence electrons.